The maximum atomic E-state index is 12.4. The Morgan fingerprint density at radius 1 is 1.25 bits per heavy atom. The summed E-state index contributed by atoms with van der Waals surface area (Å²) in [6.45, 7) is 1.91. The molecule has 8 nitrogen and oxygen atoms in total. The van der Waals surface area contributed by atoms with Gasteiger partial charge in [-0.1, -0.05) is 30.7 Å². The monoisotopic (exact) mass is 420 g/mol. The summed E-state index contributed by atoms with van der Waals surface area (Å²) >= 11 is 5.83. The summed E-state index contributed by atoms with van der Waals surface area (Å²) in [5.41, 5.74) is 4.66. The maximum absolute atomic E-state index is 12.4. The topological polar surface area (TPSA) is 131 Å². The smallest absolute Gasteiger partial charge is 0.255 e. The molecule has 2 amide bonds. The second-order valence-electron chi connectivity index (χ2n) is 6.36. The maximum Gasteiger partial charge on any atom is 0.255 e. The highest BCUT2D eigenvalue weighted by Crippen LogP contribution is 2.23. The van der Waals surface area contributed by atoms with Gasteiger partial charge < -0.3 is 5.32 Å². The molecule has 1 unspecified atom stereocenters. The fraction of sp³-hybridized carbons (Fsp3) is 0.167. The minimum absolute atomic E-state index is 0.0140. The molecule has 0 saturated heterocycles. The van der Waals surface area contributed by atoms with Crippen molar-refractivity contribution < 1.29 is 18.0 Å². The number of sulfonamides is 1. The molecule has 3 rings (SSSR count). The van der Waals surface area contributed by atoms with Crippen LogP contribution in [0.5, 0.6) is 0 Å². The molecule has 146 valence electrons. The number of halogens is 1. The lowest BCUT2D eigenvalue weighted by Gasteiger charge is -2.19. The van der Waals surface area contributed by atoms with Crippen molar-refractivity contribution in [1.82, 2.24) is 5.43 Å². The van der Waals surface area contributed by atoms with Gasteiger partial charge in [0, 0.05) is 23.6 Å². The Hall–Kier alpha value is -2.75. The summed E-state index contributed by atoms with van der Waals surface area (Å²) in [6, 6.07) is 10.8. The lowest BCUT2D eigenvalue weighted by atomic mass is 9.94. The largest absolute Gasteiger partial charge is 0.322 e. The predicted molar refractivity (Wildman–Crippen MR) is 106 cm³/mol. The van der Waals surface area contributed by atoms with E-state index in [-0.39, 0.29) is 27.3 Å². The van der Waals surface area contributed by atoms with E-state index in [0.29, 0.717) is 12.1 Å². The molecule has 10 heteroatoms. The Bertz CT molecular complexity index is 1080. The van der Waals surface area contributed by atoms with Crippen molar-refractivity contribution in [3.63, 3.8) is 0 Å². The first-order valence-electron chi connectivity index (χ1n) is 8.25. The summed E-state index contributed by atoms with van der Waals surface area (Å²) in [7, 11) is -4.04. The Balaban J connectivity index is 1.78. The number of rotatable bonds is 4. The van der Waals surface area contributed by atoms with E-state index < -0.39 is 15.9 Å². The summed E-state index contributed by atoms with van der Waals surface area (Å²) < 4.78 is 23.1. The normalized spacial score (nSPS) is 16.9. The molecule has 4 N–H and O–H groups in total. The van der Waals surface area contributed by atoms with Gasteiger partial charge in [0.1, 0.15) is 4.90 Å². The molecular weight excluding hydrogens is 404 g/mol. The third-order valence-corrected chi connectivity index (χ3v) is 5.59. The molecule has 0 spiro atoms. The van der Waals surface area contributed by atoms with Crippen LogP contribution in [0.4, 0.5) is 5.69 Å². The van der Waals surface area contributed by atoms with Crippen molar-refractivity contribution in [3.05, 3.63) is 58.6 Å². The summed E-state index contributed by atoms with van der Waals surface area (Å²) in [6.07, 6.45) is 0.361. The zero-order chi connectivity index (χ0) is 20.5. The van der Waals surface area contributed by atoms with Gasteiger partial charge in [0.2, 0.25) is 15.9 Å². The van der Waals surface area contributed by atoms with Crippen LogP contribution in [0.3, 0.4) is 0 Å². The molecule has 0 bridgehead atoms. The quantitative estimate of drug-likeness (QED) is 0.698. The summed E-state index contributed by atoms with van der Waals surface area (Å²) in [4.78, 5) is 23.5. The third-order valence-electron chi connectivity index (χ3n) is 4.20. The predicted octanol–water partition coefficient (Wildman–Crippen LogP) is 2.10. The number of primary sulfonamides is 1. The number of hydrazone groups is 1. The van der Waals surface area contributed by atoms with E-state index in [2.05, 4.69) is 15.8 Å². The number of nitrogens with zero attached hydrogens (tertiary/aromatic N) is 1. The van der Waals surface area contributed by atoms with E-state index in [4.69, 9.17) is 16.7 Å². The molecule has 1 heterocycles. The molecule has 1 atom stereocenters. The third kappa shape index (κ3) is 4.38. The Morgan fingerprint density at radius 2 is 1.93 bits per heavy atom. The molecule has 0 fully saturated rings. The zero-order valence-electron chi connectivity index (χ0n) is 14.8. The average molecular weight is 421 g/mol. The Kier molecular flexibility index (Phi) is 5.50. The molecule has 1 aliphatic rings. The Morgan fingerprint density at radius 3 is 2.54 bits per heavy atom. The lowest BCUT2D eigenvalue weighted by molar-refractivity contribution is -0.121. The first-order chi connectivity index (χ1) is 13.1. The van der Waals surface area contributed by atoms with Gasteiger partial charge >= 0.3 is 0 Å². The lowest BCUT2D eigenvalue weighted by Crippen LogP contribution is -2.31. The van der Waals surface area contributed by atoms with Gasteiger partial charge in [0.15, 0.2) is 0 Å². The van der Waals surface area contributed by atoms with Crippen molar-refractivity contribution in [2.45, 2.75) is 18.2 Å². The second-order valence-corrected chi connectivity index (χ2v) is 8.30. The van der Waals surface area contributed by atoms with Crippen molar-refractivity contribution in [1.29, 1.82) is 0 Å². The summed E-state index contributed by atoms with van der Waals surface area (Å²) in [5, 5.41) is 11.8. The van der Waals surface area contributed by atoms with Crippen LogP contribution < -0.4 is 15.9 Å². The molecule has 2 aromatic rings. The van der Waals surface area contributed by atoms with E-state index >= 15 is 0 Å². The van der Waals surface area contributed by atoms with Crippen LogP contribution in [0.2, 0.25) is 5.02 Å². The minimum Gasteiger partial charge on any atom is -0.322 e. The Labute approximate surface area is 166 Å². The van der Waals surface area contributed by atoms with E-state index in [1.54, 1.807) is 24.3 Å². The minimum atomic E-state index is -4.04. The number of amides is 2. The standard InChI is InChI=1S/C18H17ClN4O4S/c1-10-8-16(24)22-23-17(10)11-2-5-13(6-3-11)21-18(25)12-4-7-14(19)15(9-12)28(20,26)27/h2-7,9-10H,8H2,1H3,(H,21,25)(H,22,24)(H2,20,26,27). The van der Waals surface area contributed by atoms with Crippen LogP contribution in [-0.2, 0) is 14.8 Å². The zero-order valence-corrected chi connectivity index (χ0v) is 16.3. The van der Waals surface area contributed by atoms with Gasteiger partial charge in [-0.3, -0.25) is 9.59 Å². The number of nitrogens with two attached hydrogens (primary N) is 1. The van der Waals surface area contributed by atoms with Crippen LogP contribution in [0.25, 0.3) is 0 Å². The van der Waals surface area contributed by atoms with Gasteiger partial charge in [-0.2, -0.15) is 5.10 Å². The molecule has 0 aliphatic carbocycles. The van der Waals surface area contributed by atoms with E-state index in [1.807, 2.05) is 6.92 Å². The van der Waals surface area contributed by atoms with E-state index in [9.17, 15) is 18.0 Å². The van der Waals surface area contributed by atoms with Gasteiger partial charge in [-0.05, 0) is 35.9 Å². The van der Waals surface area contributed by atoms with E-state index in [0.717, 1.165) is 17.3 Å². The average Bonchev–Trinajstić information content (AvgIpc) is 2.62. The molecule has 0 saturated carbocycles. The van der Waals surface area contributed by atoms with Crippen LogP contribution >= 0.6 is 11.6 Å². The highest BCUT2D eigenvalue weighted by molar-refractivity contribution is 7.89. The molecule has 2 aromatic carbocycles. The molecule has 0 radical (unpaired) electrons. The molecule has 0 aromatic heterocycles. The number of carbonyl (C=O) groups excluding carboxylic acids is 2. The fourth-order valence-corrected chi connectivity index (χ4v) is 3.86. The number of nitrogens with one attached hydrogen (secondary N) is 2. The van der Waals surface area contributed by atoms with Crippen LogP contribution in [0.15, 0.2) is 52.5 Å². The van der Waals surface area contributed by atoms with Crippen molar-refractivity contribution in [2.75, 3.05) is 5.32 Å². The first kappa shape index (κ1) is 20.0. The number of carbonyl (C=O) groups is 2. The fourth-order valence-electron chi connectivity index (χ4n) is 2.79. The molecule has 1 aliphatic heterocycles. The van der Waals surface area contributed by atoms with Gasteiger partial charge in [0.25, 0.3) is 5.91 Å². The van der Waals surface area contributed by atoms with Crippen molar-refractivity contribution >= 4 is 44.8 Å². The van der Waals surface area contributed by atoms with Crippen LogP contribution in [0, 0.1) is 5.92 Å². The second kappa shape index (κ2) is 7.70. The number of benzene rings is 2. The molecule has 28 heavy (non-hydrogen) atoms. The van der Waals surface area contributed by atoms with Crippen molar-refractivity contribution in [2.24, 2.45) is 16.2 Å². The number of hydrogen-bond acceptors (Lipinski definition) is 5. The number of anilines is 1. The summed E-state index contributed by atoms with van der Waals surface area (Å²) in [5.74, 6) is -0.646. The van der Waals surface area contributed by atoms with Gasteiger partial charge in [0.05, 0.1) is 10.7 Å². The number of hydrogen-bond donors (Lipinski definition) is 3. The van der Waals surface area contributed by atoms with Crippen LogP contribution in [0.1, 0.15) is 29.3 Å². The van der Waals surface area contributed by atoms with Crippen LogP contribution in [-0.4, -0.2) is 25.9 Å². The SMILES string of the molecule is CC1CC(=O)NN=C1c1ccc(NC(=O)c2ccc(Cl)c(S(N)(=O)=O)c2)cc1. The van der Waals surface area contributed by atoms with Gasteiger partial charge in [-0.15, -0.1) is 0 Å². The highest BCUT2D eigenvalue weighted by atomic mass is 35.5. The van der Waals surface area contributed by atoms with Gasteiger partial charge in [-0.25, -0.2) is 19.0 Å². The first-order valence-corrected chi connectivity index (χ1v) is 10.2. The molecular formula is C18H17ClN4O4S. The van der Waals surface area contributed by atoms with Crippen molar-refractivity contribution in [3.8, 4) is 0 Å². The highest BCUT2D eigenvalue weighted by Gasteiger charge is 2.21. The van der Waals surface area contributed by atoms with E-state index in [1.165, 1.54) is 12.1 Å².